The van der Waals surface area contributed by atoms with E-state index < -0.39 is 0 Å². The van der Waals surface area contributed by atoms with Crippen LogP contribution in [0.4, 0.5) is 0 Å². The maximum absolute atomic E-state index is 5.68. The lowest BCUT2D eigenvalue weighted by Gasteiger charge is -2.27. The first-order valence-electron chi connectivity index (χ1n) is 6.80. The van der Waals surface area contributed by atoms with Crippen molar-refractivity contribution in [1.29, 1.82) is 0 Å². The third-order valence-electron chi connectivity index (χ3n) is 3.89. The molecular weight excluding hydrogens is 234 g/mol. The Balaban J connectivity index is 1.87. The molecule has 96 valence electrons. The minimum absolute atomic E-state index is 0.579. The second-order valence-corrected chi connectivity index (χ2v) is 5.44. The Morgan fingerprint density at radius 2 is 2.12 bits per heavy atom. The third kappa shape index (κ3) is 3.44. The summed E-state index contributed by atoms with van der Waals surface area (Å²) in [6.45, 7) is 2.30. The second kappa shape index (κ2) is 6.39. The van der Waals surface area contributed by atoms with E-state index in [-0.39, 0.29) is 0 Å². The van der Waals surface area contributed by atoms with Crippen LogP contribution in [0.1, 0.15) is 57.2 Å². The van der Waals surface area contributed by atoms with Gasteiger partial charge in [0, 0.05) is 12.1 Å². The molecule has 1 aromatic rings. The van der Waals surface area contributed by atoms with Gasteiger partial charge in [-0.25, -0.2) is 4.68 Å². The molecule has 0 saturated heterocycles. The van der Waals surface area contributed by atoms with Crippen LogP contribution in [0, 0.1) is 5.92 Å². The third-order valence-corrected chi connectivity index (χ3v) is 4.16. The van der Waals surface area contributed by atoms with Gasteiger partial charge in [0.2, 0.25) is 0 Å². The molecule has 0 aromatic carbocycles. The molecular formula is C13H22ClN3. The molecule has 0 amide bonds. The van der Waals surface area contributed by atoms with Crippen LogP contribution in [0.15, 0.2) is 6.20 Å². The molecule has 1 saturated carbocycles. The normalized spacial score (nSPS) is 25.1. The van der Waals surface area contributed by atoms with Crippen molar-refractivity contribution in [2.75, 3.05) is 5.88 Å². The van der Waals surface area contributed by atoms with E-state index in [9.17, 15) is 0 Å². The molecule has 0 unspecified atom stereocenters. The van der Waals surface area contributed by atoms with E-state index in [1.165, 1.54) is 32.1 Å². The molecule has 0 N–H and O–H groups in total. The minimum Gasteiger partial charge on any atom is -0.249 e. The van der Waals surface area contributed by atoms with Gasteiger partial charge in [-0.05, 0) is 44.4 Å². The molecule has 1 fully saturated rings. The first kappa shape index (κ1) is 12.9. The van der Waals surface area contributed by atoms with Crippen LogP contribution in [0.3, 0.4) is 0 Å². The van der Waals surface area contributed by atoms with Gasteiger partial charge in [-0.3, -0.25) is 0 Å². The monoisotopic (exact) mass is 255 g/mol. The predicted octanol–water partition coefficient (Wildman–Crippen LogP) is 3.59. The highest BCUT2D eigenvalue weighted by Gasteiger charge is 2.22. The van der Waals surface area contributed by atoms with Crippen molar-refractivity contribution < 1.29 is 0 Å². The first-order valence-corrected chi connectivity index (χ1v) is 7.33. The van der Waals surface area contributed by atoms with Gasteiger partial charge in [0.1, 0.15) is 0 Å². The van der Waals surface area contributed by atoms with Gasteiger partial charge >= 0.3 is 0 Å². The summed E-state index contributed by atoms with van der Waals surface area (Å²) in [5, 5.41) is 8.49. The largest absolute Gasteiger partial charge is 0.249 e. The molecule has 0 radical (unpaired) electrons. The van der Waals surface area contributed by atoms with E-state index in [4.69, 9.17) is 11.6 Å². The van der Waals surface area contributed by atoms with Gasteiger partial charge in [-0.15, -0.1) is 16.7 Å². The van der Waals surface area contributed by atoms with E-state index in [1.54, 1.807) is 0 Å². The predicted molar refractivity (Wildman–Crippen MR) is 70.3 cm³/mol. The zero-order valence-electron chi connectivity index (χ0n) is 10.6. The maximum Gasteiger partial charge on any atom is 0.0827 e. The summed E-state index contributed by atoms with van der Waals surface area (Å²) in [6, 6.07) is 0.579. The summed E-state index contributed by atoms with van der Waals surface area (Å²) >= 11 is 5.68. The van der Waals surface area contributed by atoms with Gasteiger partial charge in [-0.2, -0.15) is 0 Å². The lowest BCUT2D eigenvalue weighted by atomic mass is 9.85. The molecule has 4 heteroatoms. The SMILES string of the molecule is CCC1CCC(n2cc(CCCCl)nn2)CC1. The van der Waals surface area contributed by atoms with Gasteiger partial charge < -0.3 is 0 Å². The van der Waals surface area contributed by atoms with Crippen LogP contribution in [0.5, 0.6) is 0 Å². The number of hydrogen-bond donors (Lipinski definition) is 0. The van der Waals surface area contributed by atoms with Crippen LogP contribution in [0.2, 0.25) is 0 Å². The molecule has 2 rings (SSSR count). The van der Waals surface area contributed by atoms with Crippen LogP contribution in [-0.4, -0.2) is 20.9 Å². The lowest BCUT2D eigenvalue weighted by Crippen LogP contribution is -2.18. The fourth-order valence-electron chi connectivity index (χ4n) is 2.67. The Kier molecular flexibility index (Phi) is 4.84. The maximum atomic E-state index is 5.68. The second-order valence-electron chi connectivity index (χ2n) is 5.07. The molecule has 0 bridgehead atoms. The molecule has 1 aliphatic rings. The molecule has 0 aliphatic heterocycles. The molecule has 3 nitrogen and oxygen atoms in total. The van der Waals surface area contributed by atoms with E-state index in [1.807, 2.05) is 0 Å². The van der Waals surface area contributed by atoms with Crippen molar-refractivity contribution in [3.05, 3.63) is 11.9 Å². The number of aromatic nitrogens is 3. The quantitative estimate of drug-likeness (QED) is 0.753. The topological polar surface area (TPSA) is 30.7 Å². The van der Waals surface area contributed by atoms with E-state index in [0.717, 1.165) is 24.5 Å². The zero-order valence-corrected chi connectivity index (χ0v) is 11.4. The minimum atomic E-state index is 0.579. The molecule has 17 heavy (non-hydrogen) atoms. The van der Waals surface area contributed by atoms with Crippen molar-refractivity contribution in [1.82, 2.24) is 15.0 Å². The lowest BCUT2D eigenvalue weighted by molar-refractivity contribution is 0.253. The molecule has 0 spiro atoms. The number of aryl methyl sites for hydroxylation is 1. The Morgan fingerprint density at radius 1 is 1.35 bits per heavy atom. The van der Waals surface area contributed by atoms with Gasteiger partial charge in [0.05, 0.1) is 11.7 Å². The number of nitrogens with zero attached hydrogens (tertiary/aromatic N) is 3. The summed E-state index contributed by atoms with van der Waals surface area (Å²) in [5.41, 5.74) is 1.09. The van der Waals surface area contributed by atoms with E-state index in [0.29, 0.717) is 11.9 Å². The molecule has 0 atom stereocenters. The molecule has 1 aromatic heterocycles. The number of hydrogen-bond acceptors (Lipinski definition) is 2. The Bertz CT molecular complexity index is 329. The van der Waals surface area contributed by atoms with Gasteiger partial charge in [0.15, 0.2) is 0 Å². The summed E-state index contributed by atoms with van der Waals surface area (Å²) in [4.78, 5) is 0. The highest BCUT2D eigenvalue weighted by atomic mass is 35.5. The number of halogens is 1. The molecule has 1 aliphatic carbocycles. The van der Waals surface area contributed by atoms with Crippen LogP contribution < -0.4 is 0 Å². The highest BCUT2D eigenvalue weighted by Crippen LogP contribution is 2.33. The van der Waals surface area contributed by atoms with Crippen molar-refractivity contribution in [2.24, 2.45) is 5.92 Å². The van der Waals surface area contributed by atoms with Crippen LogP contribution >= 0.6 is 11.6 Å². The average Bonchev–Trinajstić information content (AvgIpc) is 2.85. The van der Waals surface area contributed by atoms with Crippen molar-refractivity contribution in [2.45, 2.75) is 57.9 Å². The summed E-state index contributed by atoms with van der Waals surface area (Å²) in [7, 11) is 0. The Labute approximate surface area is 109 Å². The van der Waals surface area contributed by atoms with E-state index >= 15 is 0 Å². The zero-order chi connectivity index (χ0) is 12.1. The Hall–Kier alpha value is -0.570. The summed E-state index contributed by atoms with van der Waals surface area (Å²) < 4.78 is 2.08. The first-order chi connectivity index (χ1) is 8.33. The Morgan fingerprint density at radius 3 is 2.76 bits per heavy atom. The van der Waals surface area contributed by atoms with Crippen molar-refractivity contribution in [3.63, 3.8) is 0 Å². The van der Waals surface area contributed by atoms with Crippen molar-refractivity contribution in [3.8, 4) is 0 Å². The van der Waals surface area contributed by atoms with Gasteiger partial charge in [0.25, 0.3) is 0 Å². The smallest absolute Gasteiger partial charge is 0.0827 e. The van der Waals surface area contributed by atoms with E-state index in [2.05, 4.69) is 28.1 Å². The number of alkyl halides is 1. The van der Waals surface area contributed by atoms with Crippen LogP contribution in [0.25, 0.3) is 0 Å². The summed E-state index contributed by atoms with van der Waals surface area (Å²) in [5.74, 6) is 1.64. The number of rotatable bonds is 5. The molecule has 1 heterocycles. The summed E-state index contributed by atoms with van der Waals surface area (Å²) in [6.07, 6.45) is 10.6. The fraction of sp³-hybridized carbons (Fsp3) is 0.846. The fourth-order valence-corrected chi connectivity index (χ4v) is 2.81. The average molecular weight is 256 g/mol. The van der Waals surface area contributed by atoms with Gasteiger partial charge in [-0.1, -0.05) is 18.6 Å². The van der Waals surface area contributed by atoms with Crippen LogP contribution in [-0.2, 0) is 6.42 Å². The standard InChI is InChI=1S/C13H22ClN3/c1-2-11-5-7-13(8-6-11)17-10-12(15-16-17)4-3-9-14/h10-11,13H,2-9H2,1H3. The van der Waals surface area contributed by atoms with Crippen molar-refractivity contribution >= 4 is 11.6 Å². The highest BCUT2D eigenvalue weighted by molar-refractivity contribution is 6.17.